The number of hydrogen-bond acceptors (Lipinski definition) is 5. The van der Waals surface area contributed by atoms with E-state index in [1.165, 1.54) is 18.4 Å². The highest BCUT2D eigenvalue weighted by molar-refractivity contribution is 7.10. The third kappa shape index (κ3) is 4.34. The van der Waals surface area contributed by atoms with E-state index in [0.717, 1.165) is 16.0 Å². The molecule has 3 N–H and O–H groups in total. The first-order chi connectivity index (χ1) is 11.0. The molecule has 1 aromatic heterocycles. The largest absolute Gasteiger partial charge is 0.504 e. The van der Waals surface area contributed by atoms with Crippen molar-refractivity contribution in [2.45, 2.75) is 25.5 Å². The molecule has 0 amide bonds. The van der Waals surface area contributed by atoms with E-state index in [2.05, 4.69) is 11.9 Å². The molecule has 0 saturated carbocycles. The van der Waals surface area contributed by atoms with Gasteiger partial charge in [-0.2, -0.15) is 0 Å². The van der Waals surface area contributed by atoms with Crippen LogP contribution in [0.3, 0.4) is 0 Å². The fourth-order valence-corrected chi connectivity index (χ4v) is 3.21. The summed E-state index contributed by atoms with van der Waals surface area (Å²) in [5.41, 5.74) is 0.860. The van der Waals surface area contributed by atoms with Crippen molar-refractivity contribution in [3.63, 3.8) is 0 Å². The molecule has 0 aliphatic heterocycles. The molecule has 1 atom stereocenters. The van der Waals surface area contributed by atoms with Crippen LogP contribution in [0.15, 0.2) is 42.3 Å². The van der Waals surface area contributed by atoms with Gasteiger partial charge in [0.15, 0.2) is 11.5 Å². The molecular formula is C18H23NO3S. The number of thiophene rings is 1. The average molecular weight is 333 g/mol. The first-order valence-electron chi connectivity index (χ1n) is 7.44. The highest BCUT2D eigenvalue weighted by Gasteiger charge is 2.23. The quantitative estimate of drug-likeness (QED) is 0.649. The summed E-state index contributed by atoms with van der Waals surface area (Å²) in [5, 5.41) is 25.8. The smallest absolute Gasteiger partial charge is 0.161 e. The number of ether oxygens (including phenoxy) is 1. The summed E-state index contributed by atoms with van der Waals surface area (Å²) in [6, 6.07) is 7.58. The van der Waals surface area contributed by atoms with Crippen LogP contribution in [0.25, 0.3) is 0 Å². The number of aromatic hydroxyl groups is 1. The molecule has 2 aromatic rings. The zero-order valence-corrected chi connectivity index (χ0v) is 14.3. The lowest BCUT2D eigenvalue weighted by atomic mass is 10.0. The lowest BCUT2D eigenvalue weighted by Crippen LogP contribution is -2.34. The van der Waals surface area contributed by atoms with E-state index in [1.807, 2.05) is 23.6 Å². The minimum Gasteiger partial charge on any atom is -0.504 e. The molecule has 0 saturated heterocycles. The Bertz CT molecular complexity index is 651. The van der Waals surface area contributed by atoms with Crippen LogP contribution in [0.5, 0.6) is 11.5 Å². The molecule has 1 aromatic carbocycles. The molecule has 2 rings (SSSR count). The summed E-state index contributed by atoms with van der Waals surface area (Å²) in [7, 11) is 1.53. The monoisotopic (exact) mass is 333 g/mol. The van der Waals surface area contributed by atoms with E-state index in [0.29, 0.717) is 25.3 Å². The van der Waals surface area contributed by atoms with Crippen LogP contribution in [-0.2, 0) is 18.6 Å². The molecule has 1 heterocycles. The van der Waals surface area contributed by atoms with Crippen molar-refractivity contribution in [3.8, 4) is 11.5 Å². The van der Waals surface area contributed by atoms with E-state index in [-0.39, 0.29) is 5.75 Å². The lowest BCUT2D eigenvalue weighted by molar-refractivity contribution is 0.0604. The van der Waals surface area contributed by atoms with Crippen LogP contribution < -0.4 is 10.1 Å². The standard InChI is InChI=1S/C18H23NO3S/c1-4-6-14-9-13(10-15(22-3)17(14)20)11-19-12-18(2,21)16-7-5-8-23-16/h4-5,7-10,19-21H,1,6,11-12H2,2-3H3. The van der Waals surface area contributed by atoms with Crippen molar-refractivity contribution in [3.05, 3.63) is 58.3 Å². The predicted molar refractivity (Wildman–Crippen MR) is 94.2 cm³/mol. The molecule has 0 aliphatic rings. The third-order valence-corrected chi connectivity index (χ3v) is 4.77. The molecule has 0 fully saturated rings. The maximum Gasteiger partial charge on any atom is 0.161 e. The van der Waals surface area contributed by atoms with Gasteiger partial charge in [0.25, 0.3) is 0 Å². The van der Waals surface area contributed by atoms with E-state index in [4.69, 9.17) is 4.74 Å². The van der Waals surface area contributed by atoms with Crippen molar-refractivity contribution in [1.29, 1.82) is 0 Å². The van der Waals surface area contributed by atoms with Gasteiger partial charge in [0.2, 0.25) is 0 Å². The zero-order valence-electron chi connectivity index (χ0n) is 13.5. The van der Waals surface area contributed by atoms with Gasteiger partial charge in [-0.1, -0.05) is 18.2 Å². The van der Waals surface area contributed by atoms with Gasteiger partial charge in [0.05, 0.1) is 7.11 Å². The van der Waals surface area contributed by atoms with Crippen LogP contribution in [0.4, 0.5) is 0 Å². The Morgan fingerprint density at radius 1 is 1.43 bits per heavy atom. The molecule has 124 valence electrons. The van der Waals surface area contributed by atoms with Gasteiger partial charge >= 0.3 is 0 Å². The number of methoxy groups -OCH3 is 1. The van der Waals surface area contributed by atoms with E-state index < -0.39 is 5.60 Å². The van der Waals surface area contributed by atoms with Crippen molar-refractivity contribution in [2.75, 3.05) is 13.7 Å². The molecule has 0 bridgehead atoms. The van der Waals surface area contributed by atoms with Gasteiger partial charge < -0.3 is 20.3 Å². The van der Waals surface area contributed by atoms with Gasteiger partial charge in [0.1, 0.15) is 5.60 Å². The fourth-order valence-electron chi connectivity index (χ4n) is 2.42. The molecule has 5 heteroatoms. The highest BCUT2D eigenvalue weighted by Crippen LogP contribution is 2.32. The predicted octanol–water partition coefficient (Wildman–Crippen LogP) is 3.19. The van der Waals surface area contributed by atoms with Gasteiger partial charge in [-0.15, -0.1) is 17.9 Å². The molecular weight excluding hydrogens is 310 g/mol. The number of hydrogen-bond donors (Lipinski definition) is 3. The Kier molecular flexibility index (Phi) is 5.82. The first-order valence-corrected chi connectivity index (χ1v) is 8.32. The van der Waals surface area contributed by atoms with Crippen LogP contribution in [0.2, 0.25) is 0 Å². The van der Waals surface area contributed by atoms with Crippen LogP contribution >= 0.6 is 11.3 Å². The summed E-state index contributed by atoms with van der Waals surface area (Å²) < 4.78 is 5.22. The highest BCUT2D eigenvalue weighted by atomic mass is 32.1. The van der Waals surface area contributed by atoms with E-state index in [1.54, 1.807) is 19.1 Å². The second-order valence-corrected chi connectivity index (χ2v) is 6.60. The molecule has 0 spiro atoms. The number of rotatable bonds is 8. The minimum atomic E-state index is -0.904. The summed E-state index contributed by atoms with van der Waals surface area (Å²) in [6.07, 6.45) is 2.32. The Labute approximate surface area is 141 Å². The van der Waals surface area contributed by atoms with E-state index >= 15 is 0 Å². The van der Waals surface area contributed by atoms with Gasteiger partial charge in [-0.05, 0) is 36.4 Å². The molecule has 23 heavy (non-hydrogen) atoms. The van der Waals surface area contributed by atoms with Crippen molar-refractivity contribution < 1.29 is 14.9 Å². The SMILES string of the molecule is C=CCc1cc(CNCC(C)(O)c2cccs2)cc(OC)c1O. The van der Waals surface area contributed by atoms with Gasteiger partial charge in [-0.3, -0.25) is 0 Å². The van der Waals surface area contributed by atoms with Crippen molar-refractivity contribution in [2.24, 2.45) is 0 Å². The maximum absolute atomic E-state index is 10.5. The zero-order chi connectivity index (χ0) is 16.9. The van der Waals surface area contributed by atoms with Crippen molar-refractivity contribution in [1.82, 2.24) is 5.32 Å². The van der Waals surface area contributed by atoms with Crippen LogP contribution in [0.1, 0.15) is 22.9 Å². The molecule has 0 radical (unpaired) electrons. The summed E-state index contributed by atoms with van der Waals surface area (Å²) >= 11 is 1.54. The number of nitrogens with one attached hydrogen (secondary N) is 1. The second-order valence-electron chi connectivity index (χ2n) is 5.65. The molecule has 0 aliphatic carbocycles. The molecule has 4 nitrogen and oxygen atoms in total. The number of allylic oxidation sites excluding steroid dienone is 1. The second kappa shape index (κ2) is 7.64. The third-order valence-electron chi connectivity index (χ3n) is 3.65. The minimum absolute atomic E-state index is 0.154. The number of phenolic OH excluding ortho intramolecular Hbond substituents is 1. The fraction of sp³-hybridized carbons (Fsp3) is 0.333. The Balaban J connectivity index is 2.05. The van der Waals surface area contributed by atoms with Gasteiger partial charge in [0, 0.05) is 23.5 Å². The van der Waals surface area contributed by atoms with Crippen LogP contribution in [-0.4, -0.2) is 23.9 Å². The Morgan fingerprint density at radius 3 is 2.83 bits per heavy atom. The number of aliphatic hydroxyl groups is 1. The summed E-state index contributed by atoms with van der Waals surface area (Å²) in [4.78, 5) is 0.931. The van der Waals surface area contributed by atoms with Crippen molar-refractivity contribution >= 4 is 11.3 Å². The Morgan fingerprint density at radius 2 is 2.22 bits per heavy atom. The normalized spacial score (nSPS) is 13.5. The maximum atomic E-state index is 10.5. The van der Waals surface area contributed by atoms with Crippen LogP contribution in [0, 0.1) is 0 Å². The topological polar surface area (TPSA) is 61.7 Å². The number of benzene rings is 1. The van der Waals surface area contributed by atoms with E-state index in [9.17, 15) is 10.2 Å². The summed E-state index contributed by atoms with van der Waals surface area (Å²) in [5.74, 6) is 0.605. The first kappa shape index (κ1) is 17.5. The number of phenols is 1. The summed E-state index contributed by atoms with van der Waals surface area (Å²) in [6.45, 7) is 6.51. The lowest BCUT2D eigenvalue weighted by Gasteiger charge is -2.22. The average Bonchev–Trinajstić information content (AvgIpc) is 3.05. The van der Waals surface area contributed by atoms with Gasteiger partial charge in [-0.25, -0.2) is 0 Å². The molecule has 1 unspecified atom stereocenters. The Hall–Kier alpha value is -1.82.